The quantitative estimate of drug-likeness (QED) is 0.539. The SMILES string of the molecule is CC(C)C[C@H](C(=O)N[C@H](C(=O)O)C(C)C)N1C(=O)N2CCc3c([nH]c4ccccc34)[C@@]2(C)C1=O. The number of para-hydroxylation sites is 1. The minimum atomic E-state index is -1.26. The van der Waals surface area contributed by atoms with Gasteiger partial charge in [0.1, 0.15) is 12.1 Å². The molecule has 2 aromatic rings. The van der Waals surface area contributed by atoms with E-state index in [-0.39, 0.29) is 18.3 Å². The number of amides is 4. The van der Waals surface area contributed by atoms with Gasteiger partial charge in [0.2, 0.25) is 5.91 Å². The van der Waals surface area contributed by atoms with Gasteiger partial charge in [-0.05, 0) is 43.2 Å². The second-order valence-corrected chi connectivity index (χ2v) is 10.2. The number of carboxylic acids is 1. The summed E-state index contributed by atoms with van der Waals surface area (Å²) in [7, 11) is 0. The van der Waals surface area contributed by atoms with Gasteiger partial charge in [-0.25, -0.2) is 14.5 Å². The molecular weight excluding hydrogens is 436 g/mol. The van der Waals surface area contributed by atoms with Gasteiger partial charge in [0.05, 0.1) is 5.69 Å². The van der Waals surface area contributed by atoms with E-state index in [2.05, 4.69) is 10.3 Å². The summed E-state index contributed by atoms with van der Waals surface area (Å²) in [6.07, 6.45) is 0.828. The van der Waals surface area contributed by atoms with E-state index in [4.69, 9.17) is 0 Å². The number of aromatic amines is 1. The van der Waals surface area contributed by atoms with E-state index >= 15 is 0 Å². The molecule has 0 radical (unpaired) electrons. The lowest BCUT2D eigenvalue weighted by atomic mass is 9.86. The predicted molar refractivity (Wildman–Crippen MR) is 126 cm³/mol. The van der Waals surface area contributed by atoms with Crippen LogP contribution >= 0.6 is 0 Å². The standard InChI is InChI=1S/C25H32N4O5/c1-13(2)12-18(21(30)27-19(14(3)4)22(31)32)29-23(33)25(5)20-16(10-11-28(25)24(29)34)15-8-6-7-9-17(15)26-20/h6-9,13-14,18-19,26H,10-12H2,1-5H3,(H,27,30)(H,31,32)/t18-,19+,25+/m1/s1. The molecule has 182 valence electrons. The maximum atomic E-state index is 13.9. The number of urea groups is 1. The molecule has 0 bridgehead atoms. The van der Waals surface area contributed by atoms with Crippen LogP contribution in [0.1, 0.15) is 52.3 Å². The molecule has 4 rings (SSSR count). The number of hydrogen-bond donors (Lipinski definition) is 3. The molecule has 3 N–H and O–H groups in total. The zero-order chi connectivity index (χ0) is 24.9. The molecule has 0 unspecified atom stereocenters. The molecule has 2 aliphatic heterocycles. The topological polar surface area (TPSA) is 123 Å². The van der Waals surface area contributed by atoms with Crippen LogP contribution in [0.25, 0.3) is 10.9 Å². The Kier molecular flexibility index (Phi) is 5.91. The van der Waals surface area contributed by atoms with Crippen LogP contribution < -0.4 is 5.32 Å². The molecule has 0 spiro atoms. The molecule has 1 fully saturated rings. The van der Waals surface area contributed by atoms with Crippen LogP contribution in [-0.4, -0.2) is 62.3 Å². The highest BCUT2D eigenvalue weighted by Crippen LogP contribution is 2.45. The zero-order valence-corrected chi connectivity index (χ0v) is 20.2. The van der Waals surface area contributed by atoms with Crippen LogP contribution in [0.4, 0.5) is 4.79 Å². The minimum absolute atomic E-state index is 0.00671. The number of carbonyl (C=O) groups excluding carboxylic acids is 3. The van der Waals surface area contributed by atoms with Gasteiger partial charge in [0.15, 0.2) is 5.54 Å². The van der Waals surface area contributed by atoms with Crippen molar-refractivity contribution in [3.63, 3.8) is 0 Å². The van der Waals surface area contributed by atoms with E-state index in [1.807, 2.05) is 38.1 Å². The number of imide groups is 1. The van der Waals surface area contributed by atoms with Crippen LogP contribution in [0.3, 0.4) is 0 Å². The van der Waals surface area contributed by atoms with E-state index < -0.39 is 41.4 Å². The third-order valence-corrected chi connectivity index (χ3v) is 7.04. The van der Waals surface area contributed by atoms with Crippen molar-refractivity contribution in [2.45, 2.75) is 65.1 Å². The number of hydrogen-bond acceptors (Lipinski definition) is 4. The highest BCUT2D eigenvalue weighted by molar-refractivity contribution is 6.11. The van der Waals surface area contributed by atoms with Crippen molar-refractivity contribution in [3.8, 4) is 0 Å². The Morgan fingerprint density at radius 3 is 2.47 bits per heavy atom. The summed E-state index contributed by atoms with van der Waals surface area (Å²) in [5, 5.41) is 13.1. The summed E-state index contributed by atoms with van der Waals surface area (Å²) in [6, 6.07) is 5.05. The maximum absolute atomic E-state index is 13.9. The van der Waals surface area contributed by atoms with Gasteiger partial charge in [0, 0.05) is 17.4 Å². The summed E-state index contributed by atoms with van der Waals surface area (Å²) in [6.45, 7) is 9.26. The van der Waals surface area contributed by atoms with Crippen molar-refractivity contribution in [1.82, 2.24) is 20.1 Å². The average Bonchev–Trinajstić information content (AvgIpc) is 3.24. The fourth-order valence-corrected chi connectivity index (χ4v) is 5.23. The van der Waals surface area contributed by atoms with Gasteiger partial charge >= 0.3 is 12.0 Å². The molecular formula is C25H32N4O5. The fraction of sp³-hybridized carbons (Fsp3) is 0.520. The number of aliphatic carboxylic acids is 1. The van der Waals surface area contributed by atoms with E-state index in [0.717, 1.165) is 21.4 Å². The average molecular weight is 469 g/mol. The van der Waals surface area contributed by atoms with Crippen molar-refractivity contribution in [2.24, 2.45) is 11.8 Å². The first-order chi connectivity index (χ1) is 16.0. The molecule has 1 saturated heterocycles. The van der Waals surface area contributed by atoms with Gasteiger partial charge in [0.25, 0.3) is 5.91 Å². The lowest BCUT2D eigenvalue weighted by molar-refractivity contribution is -0.145. The van der Waals surface area contributed by atoms with E-state index in [9.17, 15) is 24.3 Å². The van der Waals surface area contributed by atoms with Crippen molar-refractivity contribution >= 4 is 34.7 Å². The smallest absolute Gasteiger partial charge is 0.328 e. The minimum Gasteiger partial charge on any atom is -0.480 e. The second kappa shape index (κ2) is 8.45. The van der Waals surface area contributed by atoms with Crippen molar-refractivity contribution in [2.75, 3.05) is 6.54 Å². The Morgan fingerprint density at radius 2 is 1.85 bits per heavy atom. The molecule has 3 heterocycles. The number of nitrogens with zero attached hydrogens (tertiary/aromatic N) is 2. The number of nitrogens with one attached hydrogen (secondary N) is 2. The van der Waals surface area contributed by atoms with Crippen LogP contribution in [0, 0.1) is 11.8 Å². The molecule has 4 amide bonds. The zero-order valence-electron chi connectivity index (χ0n) is 20.2. The summed E-state index contributed by atoms with van der Waals surface area (Å²) in [4.78, 5) is 58.5. The number of fused-ring (bicyclic) bond motifs is 5. The second-order valence-electron chi connectivity index (χ2n) is 10.2. The van der Waals surface area contributed by atoms with Gasteiger partial charge in [-0.1, -0.05) is 45.9 Å². The Morgan fingerprint density at radius 1 is 1.18 bits per heavy atom. The summed E-state index contributed by atoms with van der Waals surface area (Å²) >= 11 is 0. The Bertz CT molecular complexity index is 1170. The molecule has 34 heavy (non-hydrogen) atoms. The first kappa shape index (κ1) is 23.8. The Hall–Kier alpha value is -3.36. The Balaban J connectivity index is 1.74. The molecule has 2 aliphatic rings. The first-order valence-corrected chi connectivity index (χ1v) is 11.8. The monoisotopic (exact) mass is 468 g/mol. The van der Waals surface area contributed by atoms with Crippen LogP contribution in [-0.2, 0) is 26.3 Å². The highest BCUT2D eigenvalue weighted by Gasteiger charge is 2.60. The molecule has 0 saturated carbocycles. The third kappa shape index (κ3) is 3.54. The van der Waals surface area contributed by atoms with E-state index in [1.165, 1.54) is 4.90 Å². The summed E-state index contributed by atoms with van der Waals surface area (Å²) in [5.74, 6) is -2.62. The first-order valence-electron chi connectivity index (χ1n) is 11.8. The predicted octanol–water partition coefficient (Wildman–Crippen LogP) is 2.84. The number of carboxylic acid groups (broad SMARTS) is 1. The molecule has 0 aliphatic carbocycles. The van der Waals surface area contributed by atoms with Crippen molar-refractivity contribution in [3.05, 3.63) is 35.5 Å². The number of benzene rings is 1. The van der Waals surface area contributed by atoms with Crippen LogP contribution in [0.2, 0.25) is 0 Å². The van der Waals surface area contributed by atoms with Crippen LogP contribution in [0.15, 0.2) is 24.3 Å². The van der Waals surface area contributed by atoms with Gasteiger partial charge in [-0.3, -0.25) is 9.59 Å². The summed E-state index contributed by atoms with van der Waals surface area (Å²) < 4.78 is 0. The van der Waals surface area contributed by atoms with Crippen molar-refractivity contribution < 1.29 is 24.3 Å². The largest absolute Gasteiger partial charge is 0.480 e. The van der Waals surface area contributed by atoms with Crippen LogP contribution in [0.5, 0.6) is 0 Å². The Labute approximate surface area is 198 Å². The number of H-pyrrole nitrogens is 1. The summed E-state index contributed by atoms with van der Waals surface area (Å²) in [5.41, 5.74) is 1.32. The fourth-order valence-electron chi connectivity index (χ4n) is 5.23. The van der Waals surface area contributed by atoms with Gasteiger partial charge < -0.3 is 20.3 Å². The normalized spacial score (nSPS) is 21.7. The highest BCUT2D eigenvalue weighted by atomic mass is 16.4. The maximum Gasteiger partial charge on any atom is 0.328 e. The van der Waals surface area contributed by atoms with E-state index in [1.54, 1.807) is 20.8 Å². The molecule has 9 heteroatoms. The molecule has 9 nitrogen and oxygen atoms in total. The third-order valence-electron chi connectivity index (χ3n) is 7.04. The molecule has 1 aromatic heterocycles. The number of rotatable bonds is 7. The molecule has 1 aromatic carbocycles. The lowest BCUT2D eigenvalue weighted by Gasteiger charge is -2.36. The number of carbonyl (C=O) groups is 4. The number of aromatic nitrogens is 1. The molecule has 3 atom stereocenters. The lowest BCUT2D eigenvalue weighted by Crippen LogP contribution is -2.55. The van der Waals surface area contributed by atoms with E-state index in [0.29, 0.717) is 18.7 Å². The van der Waals surface area contributed by atoms with Crippen molar-refractivity contribution in [1.29, 1.82) is 0 Å². The van der Waals surface area contributed by atoms with Gasteiger partial charge in [-0.15, -0.1) is 0 Å². The van der Waals surface area contributed by atoms with Gasteiger partial charge in [-0.2, -0.15) is 0 Å².